The monoisotopic (exact) mass is 440 g/mol. The number of nitrogens with zero attached hydrogens (tertiary/aromatic N) is 4. The summed E-state index contributed by atoms with van der Waals surface area (Å²) < 4.78 is 11.6. The molecule has 1 aromatic heterocycles. The summed E-state index contributed by atoms with van der Waals surface area (Å²) in [7, 11) is 0. The van der Waals surface area contributed by atoms with Gasteiger partial charge in [0.1, 0.15) is 29.3 Å². The Morgan fingerprint density at radius 1 is 1.32 bits per heavy atom. The lowest BCUT2D eigenvalue weighted by Crippen LogP contribution is -2.32. The first-order valence-corrected chi connectivity index (χ1v) is 9.80. The fourth-order valence-corrected chi connectivity index (χ4v) is 3.44. The zero-order valence-electron chi connectivity index (χ0n) is 17.2. The third kappa shape index (κ3) is 4.20. The van der Waals surface area contributed by atoms with Gasteiger partial charge in [-0.1, -0.05) is 11.6 Å². The van der Waals surface area contributed by atoms with E-state index >= 15 is 0 Å². The molecular weight excluding hydrogens is 420 g/mol. The number of nitrogens with two attached hydrogens (primary N) is 2. The largest absolute Gasteiger partial charge is 0.490 e. The molecule has 1 aliphatic rings. The SMILES string of the molecule is CCOc1cc(C2N=C(NC#N)Nc3nc(N)c(C#N)c(N)c32)cc(Cl)c1OC(C)C. The van der Waals surface area contributed by atoms with E-state index in [1.807, 2.05) is 33.0 Å². The Kier molecular flexibility index (Phi) is 6.23. The topological polar surface area (TPSA) is 167 Å². The normalized spacial score (nSPS) is 14.5. The van der Waals surface area contributed by atoms with E-state index in [4.69, 9.17) is 37.8 Å². The second-order valence-electron chi connectivity index (χ2n) is 6.83. The van der Waals surface area contributed by atoms with E-state index in [9.17, 15) is 5.26 Å². The second-order valence-corrected chi connectivity index (χ2v) is 7.24. The van der Waals surface area contributed by atoms with Crippen molar-refractivity contribution in [3.63, 3.8) is 0 Å². The van der Waals surface area contributed by atoms with Crippen LogP contribution in [0.2, 0.25) is 5.02 Å². The summed E-state index contributed by atoms with van der Waals surface area (Å²) in [4.78, 5) is 8.77. The van der Waals surface area contributed by atoms with Crippen molar-refractivity contribution in [3.8, 4) is 23.8 Å². The molecular formula is C20H21ClN8O2. The van der Waals surface area contributed by atoms with Crippen LogP contribution >= 0.6 is 11.6 Å². The minimum atomic E-state index is -0.739. The number of hydrogen-bond donors (Lipinski definition) is 4. The molecule has 1 atom stereocenters. The Bertz CT molecular complexity index is 1130. The van der Waals surface area contributed by atoms with E-state index < -0.39 is 6.04 Å². The fourth-order valence-electron chi connectivity index (χ4n) is 3.18. The summed E-state index contributed by atoms with van der Waals surface area (Å²) in [5.41, 5.74) is 13.4. The Labute approximate surface area is 184 Å². The number of halogens is 1. The highest BCUT2D eigenvalue weighted by Gasteiger charge is 2.31. The first-order chi connectivity index (χ1) is 14.8. The van der Waals surface area contributed by atoms with E-state index in [1.165, 1.54) is 0 Å². The lowest BCUT2D eigenvalue weighted by atomic mass is 9.95. The van der Waals surface area contributed by atoms with Gasteiger partial charge < -0.3 is 26.3 Å². The standard InChI is InChI=1S/C20H21ClN8O2/c1-4-30-13-6-10(5-12(21)17(13)31-9(2)3)16-14-15(24)11(7-22)18(25)28-19(14)29-20(27-16)26-8-23/h5-6,9,16H,4H2,1-3H3,(H6,24,25,26,27,28,29). The number of nitrogen functional groups attached to an aromatic ring is 2. The van der Waals surface area contributed by atoms with Crippen LogP contribution in [0.25, 0.3) is 0 Å². The van der Waals surface area contributed by atoms with Gasteiger partial charge in [0.05, 0.1) is 23.4 Å². The second kappa shape index (κ2) is 8.86. The van der Waals surface area contributed by atoms with Crippen LogP contribution in [0.4, 0.5) is 17.3 Å². The number of guanidine groups is 1. The van der Waals surface area contributed by atoms with Gasteiger partial charge in [0, 0.05) is 5.56 Å². The molecule has 2 heterocycles. The van der Waals surface area contributed by atoms with Crippen LogP contribution in [0.1, 0.15) is 43.5 Å². The predicted octanol–water partition coefficient (Wildman–Crippen LogP) is 2.90. The molecule has 0 bridgehead atoms. The van der Waals surface area contributed by atoms with Gasteiger partial charge in [-0.2, -0.15) is 10.5 Å². The van der Waals surface area contributed by atoms with Crippen molar-refractivity contribution in [2.75, 3.05) is 23.4 Å². The van der Waals surface area contributed by atoms with Gasteiger partial charge in [-0.05, 0) is 38.5 Å². The number of rotatable bonds is 5. The first kappa shape index (κ1) is 21.8. The Hall–Kier alpha value is -3.89. The first-order valence-electron chi connectivity index (χ1n) is 9.42. The van der Waals surface area contributed by atoms with Gasteiger partial charge in [0.25, 0.3) is 0 Å². The highest BCUT2D eigenvalue weighted by Crippen LogP contribution is 2.45. The average Bonchev–Trinajstić information content (AvgIpc) is 2.70. The molecule has 1 aliphatic heterocycles. The molecule has 0 spiro atoms. The van der Waals surface area contributed by atoms with Crippen LogP contribution in [-0.4, -0.2) is 23.7 Å². The minimum Gasteiger partial charge on any atom is -0.490 e. The van der Waals surface area contributed by atoms with Gasteiger partial charge in [0.15, 0.2) is 17.7 Å². The van der Waals surface area contributed by atoms with Crippen molar-refractivity contribution in [1.29, 1.82) is 10.5 Å². The van der Waals surface area contributed by atoms with Gasteiger partial charge >= 0.3 is 0 Å². The summed E-state index contributed by atoms with van der Waals surface area (Å²) in [6.07, 6.45) is 1.69. The molecule has 0 radical (unpaired) electrons. The van der Waals surface area contributed by atoms with Gasteiger partial charge in [-0.3, -0.25) is 5.32 Å². The number of ether oxygens (including phenoxy) is 2. The molecule has 0 amide bonds. The fraction of sp³-hybridized carbons (Fsp3) is 0.300. The Morgan fingerprint density at radius 2 is 2.06 bits per heavy atom. The maximum Gasteiger partial charge on any atom is 0.211 e. The molecule has 6 N–H and O–H groups in total. The van der Waals surface area contributed by atoms with Crippen molar-refractivity contribution in [2.45, 2.75) is 32.9 Å². The highest BCUT2D eigenvalue weighted by atomic mass is 35.5. The van der Waals surface area contributed by atoms with Crippen LogP contribution in [0.3, 0.4) is 0 Å². The molecule has 10 nitrogen and oxygen atoms in total. The summed E-state index contributed by atoms with van der Waals surface area (Å²) in [6.45, 7) is 6.00. The number of pyridine rings is 1. The highest BCUT2D eigenvalue weighted by molar-refractivity contribution is 6.32. The smallest absolute Gasteiger partial charge is 0.211 e. The lowest BCUT2D eigenvalue weighted by molar-refractivity contribution is 0.224. The number of nitrogens with one attached hydrogen (secondary N) is 2. The zero-order valence-corrected chi connectivity index (χ0v) is 17.9. The number of hydrogen-bond acceptors (Lipinski definition) is 10. The van der Waals surface area contributed by atoms with E-state index in [0.29, 0.717) is 34.3 Å². The number of nitriles is 2. The summed E-state index contributed by atoms with van der Waals surface area (Å²) in [6, 6.07) is 4.65. The van der Waals surface area contributed by atoms with E-state index in [2.05, 4.69) is 20.6 Å². The molecule has 0 saturated carbocycles. The van der Waals surface area contributed by atoms with Crippen molar-refractivity contribution >= 4 is 34.9 Å². The number of aromatic nitrogens is 1. The van der Waals surface area contributed by atoms with Crippen molar-refractivity contribution in [2.24, 2.45) is 4.99 Å². The van der Waals surface area contributed by atoms with Crippen molar-refractivity contribution in [3.05, 3.63) is 33.8 Å². The third-order valence-electron chi connectivity index (χ3n) is 4.36. The number of anilines is 3. The van der Waals surface area contributed by atoms with Crippen LogP contribution in [0, 0.1) is 22.8 Å². The molecule has 0 aliphatic carbocycles. The molecule has 3 rings (SSSR count). The molecule has 0 saturated heterocycles. The number of benzene rings is 1. The molecule has 160 valence electrons. The average molecular weight is 441 g/mol. The maximum absolute atomic E-state index is 9.45. The quantitative estimate of drug-likeness (QED) is 0.403. The summed E-state index contributed by atoms with van der Waals surface area (Å²) >= 11 is 6.53. The van der Waals surface area contributed by atoms with Gasteiger partial charge in [-0.15, -0.1) is 0 Å². The number of fused-ring (bicyclic) bond motifs is 1. The molecule has 1 unspecified atom stereocenters. The predicted molar refractivity (Wildman–Crippen MR) is 118 cm³/mol. The molecule has 11 heteroatoms. The summed E-state index contributed by atoms with van der Waals surface area (Å²) in [5.74, 6) is 1.25. The van der Waals surface area contributed by atoms with E-state index in [1.54, 1.807) is 12.1 Å². The minimum absolute atomic E-state index is 0.0306. The Balaban J connectivity index is 2.24. The van der Waals surface area contributed by atoms with Crippen molar-refractivity contribution < 1.29 is 9.47 Å². The molecule has 1 aromatic carbocycles. The van der Waals surface area contributed by atoms with Crippen LogP contribution < -0.4 is 31.6 Å². The zero-order chi connectivity index (χ0) is 22.7. The summed E-state index contributed by atoms with van der Waals surface area (Å²) in [5, 5.41) is 24.1. The van der Waals surface area contributed by atoms with E-state index in [-0.39, 0.29) is 35.0 Å². The number of aliphatic imine (C=N–C) groups is 1. The van der Waals surface area contributed by atoms with E-state index in [0.717, 1.165) is 0 Å². The maximum atomic E-state index is 9.45. The molecule has 0 fully saturated rings. The Morgan fingerprint density at radius 3 is 2.68 bits per heavy atom. The van der Waals surface area contributed by atoms with Crippen LogP contribution in [0.15, 0.2) is 17.1 Å². The lowest BCUT2D eigenvalue weighted by Gasteiger charge is -2.27. The van der Waals surface area contributed by atoms with Gasteiger partial charge in [-0.25, -0.2) is 9.98 Å². The molecule has 31 heavy (non-hydrogen) atoms. The van der Waals surface area contributed by atoms with Gasteiger partial charge in [0.2, 0.25) is 5.96 Å². The molecule has 2 aromatic rings. The third-order valence-corrected chi connectivity index (χ3v) is 4.64. The van der Waals surface area contributed by atoms with Crippen molar-refractivity contribution in [1.82, 2.24) is 10.3 Å². The van der Waals surface area contributed by atoms with Crippen LogP contribution in [-0.2, 0) is 0 Å². The van der Waals surface area contributed by atoms with Crippen LogP contribution in [0.5, 0.6) is 11.5 Å².